The fourth-order valence-electron chi connectivity index (χ4n) is 3.22. The lowest BCUT2D eigenvalue weighted by molar-refractivity contribution is -0.118. The Morgan fingerprint density at radius 3 is 2.35 bits per heavy atom. The zero-order valence-corrected chi connectivity index (χ0v) is 19.0. The summed E-state index contributed by atoms with van der Waals surface area (Å²) in [4.78, 5) is 25.9. The third kappa shape index (κ3) is 5.81. The topological polar surface area (TPSA) is 93.2 Å². The molecule has 7 nitrogen and oxygen atoms in total. The Morgan fingerprint density at radius 2 is 1.68 bits per heavy atom. The van der Waals surface area contributed by atoms with Gasteiger partial charge in [-0.15, -0.1) is 10.2 Å². The Labute approximate surface area is 199 Å². The van der Waals surface area contributed by atoms with Crippen LogP contribution in [0.25, 0.3) is 10.6 Å². The zero-order chi connectivity index (χ0) is 23.9. The minimum absolute atomic E-state index is 0.279. The van der Waals surface area contributed by atoms with Gasteiger partial charge in [-0.2, -0.15) is 0 Å². The summed E-state index contributed by atoms with van der Waals surface area (Å²) in [5.74, 6) is -0.531. The highest BCUT2D eigenvalue weighted by Crippen LogP contribution is 2.26. The summed E-state index contributed by atoms with van der Waals surface area (Å²) in [6, 6.07) is 21.0. The van der Waals surface area contributed by atoms with Gasteiger partial charge in [0.15, 0.2) is 0 Å². The second-order valence-electron chi connectivity index (χ2n) is 7.35. The summed E-state index contributed by atoms with van der Waals surface area (Å²) in [6.07, 6.45) is 0.290. The maximum Gasteiger partial charge on any atom is 0.251 e. The van der Waals surface area contributed by atoms with Crippen LogP contribution < -0.4 is 15.4 Å². The van der Waals surface area contributed by atoms with E-state index in [1.165, 1.54) is 12.1 Å². The molecule has 0 saturated carbocycles. The molecule has 1 aromatic heterocycles. The van der Waals surface area contributed by atoms with Crippen molar-refractivity contribution in [1.82, 2.24) is 15.5 Å². The van der Waals surface area contributed by atoms with Crippen LogP contribution in [-0.4, -0.2) is 35.2 Å². The lowest BCUT2D eigenvalue weighted by atomic mass is 10.0. The number of nitrogens with one attached hydrogen (secondary N) is 2. The third-order valence-corrected chi connectivity index (χ3v) is 5.89. The van der Waals surface area contributed by atoms with Crippen molar-refractivity contribution in [3.8, 4) is 16.3 Å². The second-order valence-corrected chi connectivity index (χ2v) is 8.33. The van der Waals surface area contributed by atoms with E-state index in [-0.39, 0.29) is 23.3 Å². The van der Waals surface area contributed by atoms with Crippen LogP contribution in [0.3, 0.4) is 0 Å². The zero-order valence-electron chi connectivity index (χ0n) is 18.2. The number of amides is 2. The van der Waals surface area contributed by atoms with Gasteiger partial charge in [0.05, 0.1) is 7.11 Å². The summed E-state index contributed by atoms with van der Waals surface area (Å²) in [6.45, 7) is 0. The van der Waals surface area contributed by atoms with Crippen LogP contribution in [0.5, 0.6) is 5.75 Å². The molecule has 4 rings (SSSR count). The Hall–Kier alpha value is -4.11. The number of benzene rings is 3. The molecule has 0 unspecified atom stereocenters. The van der Waals surface area contributed by atoms with E-state index in [1.54, 1.807) is 43.5 Å². The number of ether oxygens (including phenoxy) is 1. The fourth-order valence-corrected chi connectivity index (χ4v) is 3.97. The number of anilines is 1. The molecular formula is C25H21FN4O3S. The van der Waals surface area contributed by atoms with Crippen LogP contribution in [0.1, 0.15) is 15.9 Å². The lowest BCUT2D eigenvalue weighted by Crippen LogP contribution is -2.45. The molecule has 0 spiro atoms. The number of halogens is 1. The molecule has 0 radical (unpaired) electrons. The van der Waals surface area contributed by atoms with Gasteiger partial charge in [-0.25, -0.2) is 4.39 Å². The van der Waals surface area contributed by atoms with E-state index in [4.69, 9.17) is 4.74 Å². The van der Waals surface area contributed by atoms with E-state index in [0.29, 0.717) is 21.9 Å². The van der Waals surface area contributed by atoms with Crippen molar-refractivity contribution in [3.63, 3.8) is 0 Å². The lowest BCUT2D eigenvalue weighted by Gasteiger charge is -2.18. The van der Waals surface area contributed by atoms with Crippen LogP contribution in [0.2, 0.25) is 0 Å². The molecule has 0 saturated heterocycles. The smallest absolute Gasteiger partial charge is 0.251 e. The van der Waals surface area contributed by atoms with E-state index in [0.717, 1.165) is 16.9 Å². The first-order valence-corrected chi connectivity index (χ1v) is 11.2. The SMILES string of the molecule is COc1ccc(C(=O)N[C@@H](Cc2ccccc2)C(=O)Nc2nnc(-c3ccc(F)cc3)s2)cc1. The van der Waals surface area contributed by atoms with E-state index in [1.807, 2.05) is 30.3 Å². The molecule has 9 heteroatoms. The van der Waals surface area contributed by atoms with Crippen molar-refractivity contribution in [2.75, 3.05) is 12.4 Å². The van der Waals surface area contributed by atoms with Crippen molar-refractivity contribution in [1.29, 1.82) is 0 Å². The summed E-state index contributed by atoms with van der Waals surface area (Å²) < 4.78 is 18.3. The molecule has 0 aliphatic heterocycles. The molecule has 2 amide bonds. The van der Waals surface area contributed by atoms with Crippen molar-refractivity contribution < 1.29 is 18.7 Å². The maximum atomic E-state index is 13.2. The summed E-state index contributed by atoms with van der Waals surface area (Å²) >= 11 is 1.16. The number of hydrogen-bond acceptors (Lipinski definition) is 6. The molecule has 3 aromatic carbocycles. The predicted octanol–water partition coefficient (Wildman–Crippen LogP) is 4.33. The van der Waals surface area contributed by atoms with Gasteiger partial charge in [-0.3, -0.25) is 14.9 Å². The largest absolute Gasteiger partial charge is 0.497 e. The third-order valence-electron chi connectivity index (χ3n) is 5.00. The number of carbonyl (C=O) groups excluding carboxylic acids is 2. The minimum atomic E-state index is -0.852. The normalized spacial score (nSPS) is 11.5. The monoisotopic (exact) mass is 476 g/mol. The van der Waals surface area contributed by atoms with Gasteiger partial charge in [-0.1, -0.05) is 41.7 Å². The Balaban J connectivity index is 1.50. The molecule has 1 heterocycles. The highest BCUT2D eigenvalue weighted by atomic mass is 32.1. The quantitative estimate of drug-likeness (QED) is 0.395. The molecule has 0 fully saturated rings. The summed E-state index contributed by atoms with van der Waals surface area (Å²) in [7, 11) is 1.55. The summed E-state index contributed by atoms with van der Waals surface area (Å²) in [5, 5.41) is 14.4. The molecule has 0 aliphatic carbocycles. The molecule has 0 aliphatic rings. The first kappa shape index (κ1) is 23.1. The van der Waals surface area contributed by atoms with Crippen molar-refractivity contribution in [3.05, 3.63) is 95.8 Å². The van der Waals surface area contributed by atoms with E-state index in [9.17, 15) is 14.0 Å². The molecule has 4 aromatic rings. The van der Waals surface area contributed by atoms with Crippen LogP contribution >= 0.6 is 11.3 Å². The van der Waals surface area contributed by atoms with Gasteiger partial charge in [0.2, 0.25) is 11.0 Å². The molecule has 2 N–H and O–H groups in total. The van der Waals surface area contributed by atoms with Crippen LogP contribution in [0.4, 0.5) is 9.52 Å². The number of hydrogen-bond donors (Lipinski definition) is 2. The Kier molecular flexibility index (Phi) is 7.24. The van der Waals surface area contributed by atoms with Crippen molar-refractivity contribution in [2.45, 2.75) is 12.5 Å². The molecular weight excluding hydrogens is 455 g/mol. The van der Waals surface area contributed by atoms with E-state index >= 15 is 0 Å². The van der Waals surface area contributed by atoms with Gasteiger partial charge in [0.1, 0.15) is 22.6 Å². The highest BCUT2D eigenvalue weighted by molar-refractivity contribution is 7.18. The van der Waals surface area contributed by atoms with Gasteiger partial charge < -0.3 is 10.1 Å². The standard InChI is InChI=1S/C25H21FN4O3S/c1-33-20-13-9-17(10-14-20)22(31)27-21(15-16-5-3-2-4-6-16)23(32)28-25-30-29-24(34-25)18-7-11-19(26)12-8-18/h2-14,21H,15H2,1H3,(H,27,31)(H,28,30,32)/t21-/m0/s1. The van der Waals surface area contributed by atoms with Gasteiger partial charge in [-0.05, 0) is 54.1 Å². The number of aromatic nitrogens is 2. The maximum absolute atomic E-state index is 13.2. The van der Waals surface area contributed by atoms with Gasteiger partial charge in [0.25, 0.3) is 5.91 Å². The van der Waals surface area contributed by atoms with E-state index in [2.05, 4.69) is 20.8 Å². The molecule has 172 valence electrons. The summed E-state index contributed by atoms with van der Waals surface area (Å²) in [5.41, 5.74) is 1.98. The number of carbonyl (C=O) groups is 2. The van der Waals surface area contributed by atoms with E-state index < -0.39 is 11.9 Å². The van der Waals surface area contributed by atoms with Crippen LogP contribution in [-0.2, 0) is 11.2 Å². The second kappa shape index (κ2) is 10.7. The average molecular weight is 477 g/mol. The van der Waals surface area contributed by atoms with Crippen molar-refractivity contribution in [2.24, 2.45) is 0 Å². The number of methoxy groups -OCH3 is 1. The van der Waals surface area contributed by atoms with Gasteiger partial charge in [0, 0.05) is 17.5 Å². The first-order chi connectivity index (χ1) is 16.5. The van der Waals surface area contributed by atoms with Crippen LogP contribution in [0.15, 0.2) is 78.9 Å². The predicted molar refractivity (Wildman–Crippen MR) is 128 cm³/mol. The highest BCUT2D eigenvalue weighted by Gasteiger charge is 2.23. The minimum Gasteiger partial charge on any atom is -0.497 e. The Bertz CT molecular complexity index is 1260. The van der Waals surface area contributed by atoms with Gasteiger partial charge >= 0.3 is 0 Å². The van der Waals surface area contributed by atoms with Crippen molar-refractivity contribution >= 4 is 28.3 Å². The average Bonchev–Trinajstić information content (AvgIpc) is 3.33. The Morgan fingerprint density at radius 1 is 0.971 bits per heavy atom. The molecule has 0 bridgehead atoms. The van der Waals surface area contributed by atoms with Crippen LogP contribution in [0, 0.1) is 5.82 Å². The fraction of sp³-hybridized carbons (Fsp3) is 0.120. The number of nitrogens with zero attached hydrogens (tertiary/aromatic N) is 2. The number of rotatable bonds is 8. The molecule has 34 heavy (non-hydrogen) atoms. The first-order valence-electron chi connectivity index (χ1n) is 10.4. The molecule has 1 atom stereocenters.